The molecule has 19 heavy (non-hydrogen) atoms. The maximum absolute atomic E-state index is 5.95. The van der Waals surface area contributed by atoms with Crippen LogP contribution in [0.1, 0.15) is 32.3 Å². The third-order valence-corrected chi connectivity index (χ3v) is 3.73. The highest BCUT2D eigenvalue weighted by Gasteiger charge is 2.15. The van der Waals surface area contributed by atoms with Gasteiger partial charge in [-0.25, -0.2) is 4.68 Å². The van der Waals surface area contributed by atoms with Gasteiger partial charge in [0.2, 0.25) is 0 Å². The number of nitrogens with zero attached hydrogens (tertiary/aromatic N) is 4. The van der Waals surface area contributed by atoms with Crippen LogP contribution in [0.4, 0.5) is 5.69 Å². The zero-order chi connectivity index (χ0) is 13.8. The minimum Gasteiger partial charge on any atom is -0.398 e. The molecule has 2 rings (SSSR count). The molecule has 0 saturated carbocycles. The summed E-state index contributed by atoms with van der Waals surface area (Å²) in [5.74, 6) is 1.40. The first-order chi connectivity index (χ1) is 9.17. The van der Waals surface area contributed by atoms with Gasteiger partial charge in [0.25, 0.3) is 0 Å². The van der Waals surface area contributed by atoms with E-state index in [2.05, 4.69) is 29.4 Å². The van der Waals surface area contributed by atoms with Crippen molar-refractivity contribution in [1.29, 1.82) is 0 Å². The summed E-state index contributed by atoms with van der Waals surface area (Å²) >= 11 is 0. The van der Waals surface area contributed by atoms with Crippen LogP contribution in [-0.2, 0) is 6.54 Å². The molecule has 5 heteroatoms. The average Bonchev–Trinajstić information content (AvgIpc) is 2.87. The van der Waals surface area contributed by atoms with Gasteiger partial charge in [-0.3, -0.25) is 0 Å². The summed E-state index contributed by atoms with van der Waals surface area (Å²) < 4.78 is 1.89. The largest absolute Gasteiger partial charge is 0.398 e. The van der Waals surface area contributed by atoms with Gasteiger partial charge >= 0.3 is 0 Å². The number of benzene rings is 1. The summed E-state index contributed by atoms with van der Waals surface area (Å²) in [6.45, 7) is 7.25. The van der Waals surface area contributed by atoms with Crippen LogP contribution in [0, 0.1) is 12.8 Å². The number of anilines is 1. The van der Waals surface area contributed by atoms with Crippen LogP contribution in [0.2, 0.25) is 0 Å². The van der Waals surface area contributed by atoms with E-state index in [0.29, 0.717) is 5.92 Å². The van der Waals surface area contributed by atoms with Crippen molar-refractivity contribution in [2.45, 2.75) is 40.2 Å². The number of rotatable bonds is 5. The predicted molar refractivity (Wildman–Crippen MR) is 76.5 cm³/mol. The van der Waals surface area contributed by atoms with Gasteiger partial charge in [-0.15, -0.1) is 5.10 Å². The monoisotopic (exact) mass is 259 g/mol. The molecule has 0 unspecified atom stereocenters. The quantitative estimate of drug-likeness (QED) is 0.838. The lowest BCUT2D eigenvalue weighted by Gasteiger charge is -2.14. The Balaban J connectivity index is 2.36. The van der Waals surface area contributed by atoms with Gasteiger partial charge in [-0.1, -0.05) is 38.8 Å². The highest BCUT2D eigenvalue weighted by Crippen LogP contribution is 2.25. The minimum atomic E-state index is 0.601. The first kappa shape index (κ1) is 13.5. The molecule has 0 spiro atoms. The second-order valence-electron chi connectivity index (χ2n) is 4.89. The van der Waals surface area contributed by atoms with Crippen molar-refractivity contribution in [3.63, 3.8) is 0 Å². The number of tetrazole rings is 1. The first-order valence-corrected chi connectivity index (χ1v) is 6.79. The maximum atomic E-state index is 5.95. The molecule has 0 radical (unpaired) electrons. The third-order valence-electron chi connectivity index (χ3n) is 3.73. The molecule has 0 atom stereocenters. The topological polar surface area (TPSA) is 69.6 Å². The van der Waals surface area contributed by atoms with Crippen molar-refractivity contribution >= 4 is 5.69 Å². The smallest absolute Gasteiger partial charge is 0.182 e. The molecule has 2 aromatic rings. The molecule has 1 heterocycles. The SMILES string of the molecule is CCC(CC)Cn1nnnc1-c1cccc(N)c1C. The fraction of sp³-hybridized carbons (Fsp3) is 0.500. The maximum Gasteiger partial charge on any atom is 0.182 e. The molecule has 1 aromatic heterocycles. The lowest BCUT2D eigenvalue weighted by atomic mass is 10.0. The van der Waals surface area contributed by atoms with Crippen LogP contribution in [0.25, 0.3) is 11.4 Å². The molecule has 0 aliphatic carbocycles. The first-order valence-electron chi connectivity index (χ1n) is 6.79. The summed E-state index contributed by atoms with van der Waals surface area (Å²) in [6, 6.07) is 5.85. The molecule has 102 valence electrons. The Morgan fingerprint density at radius 1 is 1.26 bits per heavy atom. The van der Waals surface area contributed by atoms with Crippen LogP contribution in [0.5, 0.6) is 0 Å². The van der Waals surface area contributed by atoms with Crippen LogP contribution in [0.3, 0.4) is 0 Å². The molecule has 2 N–H and O–H groups in total. The summed E-state index contributed by atoms with van der Waals surface area (Å²) in [7, 11) is 0. The van der Waals surface area contributed by atoms with Gasteiger partial charge in [0.15, 0.2) is 5.82 Å². The van der Waals surface area contributed by atoms with Gasteiger partial charge < -0.3 is 5.73 Å². The third kappa shape index (κ3) is 2.75. The molecule has 0 saturated heterocycles. The van der Waals surface area contributed by atoms with Crippen LogP contribution in [0.15, 0.2) is 18.2 Å². The van der Waals surface area contributed by atoms with Crippen molar-refractivity contribution in [1.82, 2.24) is 20.2 Å². The van der Waals surface area contributed by atoms with Gasteiger partial charge in [0.1, 0.15) is 0 Å². The van der Waals surface area contributed by atoms with Gasteiger partial charge in [0.05, 0.1) is 0 Å². The Morgan fingerprint density at radius 2 is 2.00 bits per heavy atom. The van der Waals surface area contributed by atoms with E-state index in [-0.39, 0.29) is 0 Å². The standard InChI is InChI=1S/C14H21N5/c1-4-11(5-2)9-19-14(16-17-18-19)12-7-6-8-13(15)10(12)3/h6-8,11H,4-5,9,15H2,1-3H3. The minimum absolute atomic E-state index is 0.601. The Kier molecular flexibility index (Phi) is 4.14. The van der Waals surface area contributed by atoms with E-state index in [9.17, 15) is 0 Å². The Hall–Kier alpha value is -1.91. The fourth-order valence-corrected chi connectivity index (χ4v) is 2.21. The van der Waals surface area contributed by atoms with Crippen LogP contribution >= 0.6 is 0 Å². The molecule has 0 aliphatic heterocycles. The van der Waals surface area contributed by atoms with E-state index in [1.165, 1.54) is 0 Å². The van der Waals surface area contributed by atoms with Crippen molar-refractivity contribution < 1.29 is 0 Å². The second-order valence-corrected chi connectivity index (χ2v) is 4.89. The van der Waals surface area contributed by atoms with E-state index in [1.54, 1.807) is 0 Å². The van der Waals surface area contributed by atoms with Crippen molar-refractivity contribution in [3.05, 3.63) is 23.8 Å². The molecule has 5 nitrogen and oxygen atoms in total. The average molecular weight is 259 g/mol. The summed E-state index contributed by atoms with van der Waals surface area (Å²) in [5, 5.41) is 12.1. The number of nitrogen functional groups attached to an aromatic ring is 1. The number of hydrogen-bond donors (Lipinski definition) is 1. The van der Waals surface area contributed by atoms with E-state index in [4.69, 9.17) is 5.73 Å². The van der Waals surface area contributed by atoms with E-state index < -0.39 is 0 Å². The van der Waals surface area contributed by atoms with Crippen LogP contribution < -0.4 is 5.73 Å². The number of aromatic nitrogens is 4. The molecule has 0 aliphatic rings. The molecule has 0 bridgehead atoms. The summed E-state index contributed by atoms with van der Waals surface area (Å²) in [6.07, 6.45) is 2.26. The van der Waals surface area contributed by atoms with Crippen molar-refractivity contribution in [2.75, 3.05) is 5.73 Å². The highest BCUT2D eigenvalue weighted by atomic mass is 15.5. The zero-order valence-electron chi connectivity index (χ0n) is 11.8. The molecular weight excluding hydrogens is 238 g/mol. The fourth-order valence-electron chi connectivity index (χ4n) is 2.21. The number of hydrogen-bond acceptors (Lipinski definition) is 4. The molecule has 1 aromatic carbocycles. The normalized spacial score (nSPS) is 11.2. The second kappa shape index (κ2) is 5.82. The lowest BCUT2D eigenvalue weighted by Crippen LogP contribution is -2.12. The van der Waals surface area contributed by atoms with Crippen molar-refractivity contribution in [3.8, 4) is 11.4 Å². The zero-order valence-corrected chi connectivity index (χ0v) is 11.8. The summed E-state index contributed by atoms with van der Waals surface area (Å²) in [4.78, 5) is 0. The van der Waals surface area contributed by atoms with E-state index >= 15 is 0 Å². The molecular formula is C14H21N5. The number of nitrogens with two attached hydrogens (primary N) is 1. The van der Waals surface area contributed by atoms with Gasteiger partial charge in [-0.05, 0) is 34.9 Å². The Morgan fingerprint density at radius 3 is 2.68 bits per heavy atom. The predicted octanol–water partition coefficient (Wildman–Crippen LogP) is 2.67. The lowest BCUT2D eigenvalue weighted by molar-refractivity contribution is 0.392. The van der Waals surface area contributed by atoms with Gasteiger partial charge in [0, 0.05) is 17.8 Å². The Bertz CT molecular complexity index is 543. The van der Waals surface area contributed by atoms with Crippen LogP contribution in [-0.4, -0.2) is 20.2 Å². The summed E-state index contributed by atoms with van der Waals surface area (Å²) in [5.41, 5.74) is 8.77. The van der Waals surface area contributed by atoms with E-state index in [1.807, 2.05) is 29.8 Å². The Labute approximate surface area is 113 Å². The van der Waals surface area contributed by atoms with Crippen molar-refractivity contribution in [2.24, 2.45) is 5.92 Å². The van der Waals surface area contributed by atoms with E-state index in [0.717, 1.165) is 42.0 Å². The highest BCUT2D eigenvalue weighted by molar-refractivity contribution is 5.67. The van der Waals surface area contributed by atoms with Gasteiger partial charge in [-0.2, -0.15) is 0 Å². The molecule has 0 amide bonds. The molecule has 0 fully saturated rings.